The summed E-state index contributed by atoms with van der Waals surface area (Å²) in [6, 6.07) is -1.01. The van der Waals surface area contributed by atoms with Gasteiger partial charge in [0, 0.05) is 0 Å². The van der Waals surface area contributed by atoms with E-state index in [1.807, 2.05) is 12.2 Å². The lowest BCUT2D eigenvalue weighted by Crippen LogP contribution is -2.63. The first-order chi connectivity index (χ1) is 8.51. The Kier molecular flexibility index (Phi) is 5.94. The van der Waals surface area contributed by atoms with Crippen LogP contribution in [0.2, 0.25) is 0 Å². The predicted octanol–water partition coefficient (Wildman–Crippen LogP) is -0.294. The fraction of sp³-hybridized carbons (Fsp3) is 0.909. The van der Waals surface area contributed by atoms with Crippen molar-refractivity contribution in [1.82, 2.24) is 5.32 Å². The number of rotatable bonds is 5. The molecule has 1 saturated heterocycles. The highest BCUT2D eigenvalue weighted by Crippen LogP contribution is 2.24. The number of ether oxygens (including phenoxy) is 1. The molecule has 4 N–H and O–H groups in total. The van der Waals surface area contributed by atoms with Crippen LogP contribution in [0, 0.1) is 0 Å². The van der Waals surface area contributed by atoms with Crippen molar-refractivity contribution < 1.29 is 29.2 Å². The monoisotopic (exact) mass is 265 g/mol. The fourth-order valence-electron chi connectivity index (χ4n) is 2.16. The first-order valence-electron chi connectivity index (χ1n) is 6.09. The van der Waals surface area contributed by atoms with Crippen molar-refractivity contribution in [1.29, 1.82) is 0 Å². The van der Waals surface area contributed by atoms with Crippen LogP contribution in [-0.4, -0.2) is 58.5 Å². The van der Waals surface area contributed by atoms with Crippen molar-refractivity contribution in [2.24, 2.45) is 0 Å². The molecule has 18 heavy (non-hydrogen) atoms. The van der Waals surface area contributed by atoms with Crippen LogP contribution in [0.3, 0.4) is 0 Å². The average Bonchev–Trinajstić information content (AvgIpc) is 2.33. The lowest BCUT2D eigenvalue weighted by atomic mass is 9.90. The number of aliphatic hydroxyl groups is 3. The molecule has 7 heteroatoms. The van der Waals surface area contributed by atoms with Crippen molar-refractivity contribution in [3.05, 3.63) is 0 Å². The maximum atomic E-state index is 12.4. The van der Waals surface area contributed by atoms with Crippen molar-refractivity contribution in [2.75, 3.05) is 6.61 Å². The van der Waals surface area contributed by atoms with Crippen LogP contribution in [-0.2, 0) is 4.74 Å². The van der Waals surface area contributed by atoms with E-state index in [9.17, 15) is 19.4 Å². The standard InChI is InChI=1S/C11H20FNO5/c1-2-3-4-6-8(13-11(12)17)10(16)9(15)7(5-14)18-6/h6-10,14-16H,2-5H2,1H3,(H,13,17)/t6-,7?,8+,9-,10?/m0/s1. The number of aliphatic hydroxyl groups excluding tert-OH is 3. The number of unbranched alkanes of at least 4 members (excludes halogenated alkanes) is 1. The molecule has 6 nitrogen and oxygen atoms in total. The quantitative estimate of drug-likeness (QED) is 0.404. The molecule has 0 saturated carbocycles. The van der Waals surface area contributed by atoms with Gasteiger partial charge < -0.3 is 25.4 Å². The van der Waals surface area contributed by atoms with E-state index in [1.165, 1.54) is 0 Å². The molecule has 1 fully saturated rings. The van der Waals surface area contributed by atoms with Gasteiger partial charge in [-0.15, -0.1) is 4.39 Å². The largest absolute Gasteiger partial charge is 0.397 e. The summed E-state index contributed by atoms with van der Waals surface area (Å²) in [5.74, 6) is 0. The second kappa shape index (κ2) is 6.98. The summed E-state index contributed by atoms with van der Waals surface area (Å²) in [4.78, 5) is 10.5. The maximum Gasteiger partial charge on any atom is 0.397 e. The molecule has 5 atom stereocenters. The molecule has 106 valence electrons. The van der Waals surface area contributed by atoms with Crippen LogP contribution in [0.1, 0.15) is 26.2 Å². The second-order valence-corrected chi connectivity index (χ2v) is 4.46. The molecule has 0 spiro atoms. The molecule has 0 radical (unpaired) electrons. The SMILES string of the molecule is CCCC[C@@H]1OC(CO)[C@H](O)C(O)[C@@H]1NC(=O)F. The van der Waals surface area contributed by atoms with Gasteiger partial charge in [0.15, 0.2) is 0 Å². The molecular weight excluding hydrogens is 245 g/mol. The predicted molar refractivity (Wildman–Crippen MR) is 60.7 cm³/mol. The highest BCUT2D eigenvalue weighted by molar-refractivity contribution is 5.66. The molecule has 2 unspecified atom stereocenters. The van der Waals surface area contributed by atoms with Crippen molar-refractivity contribution in [2.45, 2.75) is 56.6 Å². The van der Waals surface area contributed by atoms with Gasteiger partial charge in [-0.3, -0.25) is 0 Å². The minimum Gasteiger partial charge on any atom is -0.394 e. The zero-order chi connectivity index (χ0) is 13.7. The Morgan fingerprint density at radius 3 is 2.50 bits per heavy atom. The highest BCUT2D eigenvalue weighted by atomic mass is 19.1. The van der Waals surface area contributed by atoms with Gasteiger partial charge in [0.2, 0.25) is 0 Å². The Balaban J connectivity index is 2.76. The smallest absolute Gasteiger partial charge is 0.394 e. The molecule has 0 bridgehead atoms. The third kappa shape index (κ3) is 3.61. The van der Waals surface area contributed by atoms with Crippen LogP contribution >= 0.6 is 0 Å². The van der Waals surface area contributed by atoms with Gasteiger partial charge >= 0.3 is 6.16 Å². The van der Waals surface area contributed by atoms with E-state index in [2.05, 4.69) is 0 Å². The number of amides is 1. The summed E-state index contributed by atoms with van der Waals surface area (Å²) in [5, 5.41) is 30.5. The summed E-state index contributed by atoms with van der Waals surface area (Å²) in [6.45, 7) is 1.51. The summed E-state index contributed by atoms with van der Waals surface area (Å²) in [6.07, 6.45) is -3.90. The number of halogens is 1. The van der Waals surface area contributed by atoms with Crippen LogP contribution in [0.4, 0.5) is 9.18 Å². The molecule has 0 aromatic rings. The van der Waals surface area contributed by atoms with Crippen molar-refractivity contribution in [3.63, 3.8) is 0 Å². The molecular formula is C11H20FNO5. The van der Waals surface area contributed by atoms with Crippen molar-refractivity contribution >= 4 is 6.16 Å². The summed E-state index contributed by atoms with van der Waals surface area (Å²) < 4.78 is 17.8. The Hall–Kier alpha value is -0.760. The van der Waals surface area contributed by atoms with E-state index in [-0.39, 0.29) is 0 Å². The Labute approximate surface area is 105 Å². The molecule has 1 rings (SSSR count). The topological polar surface area (TPSA) is 99.0 Å². The van der Waals surface area contributed by atoms with E-state index in [0.717, 1.165) is 12.8 Å². The maximum absolute atomic E-state index is 12.4. The molecule has 1 aliphatic heterocycles. The van der Waals surface area contributed by atoms with Crippen LogP contribution in [0.5, 0.6) is 0 Å². The Morgan fingerprint density at radius 1 is 1.33 bits per heavy atom. The minimum atomic E-state index is -1.78. The summed E-state index contributed by atoms with van der Waals surface area (Å²) in [5.41, 5.74) is 0. The zero-order valence-electron chi connectivity index (χ0n) is 10.3. The summed E-state index contributed by atoms with van der Waals surface area (Å²) in [7, 11) is 0. The molecule has 1 aliphatic rings. The molecule has 1 heterocycles. The average molecular weight is 265 g/mol. The number of carbonyl (C=O) groups excluding carboxylic acids is 1. The van der Waals surface area contributed by atoms with Gasteiger partial charge in [0.1, 0.15) is 18.3 Å². The van der Waals surface area contributed by atoms with E-state index >= 15 is 0 Å². The van der Waals surface area contributed by atoms with E-state index in [1.54, 1.807) is 0 Å². The van der Waals surface area contributed by atoms with Gasteiger partial charge in [-0.2, -0.15) is 0 Å². The molecule has 1 amide bonds. The van der Waals surface area contributed by atoms with E-state index in [4.69, 9.17) is 9.84 Å². The zero-order valence-corrected chi connectivity index (χ0v) is 10.3. The minimum absolute atomic E-state index is 0.447. The fourth-order valence-corrected chi connectivity index (χ4v) is 2.16. The van der Waals surface area contributed by atoms with Crippen molar-refractivity contribution in [3.8, 4) is 0 Å². The van der Waals surface area contributed by atoms with Gasteiger partial charge in [0.05, 0.1) is 18.8 Å². The number of hydrogen-bond donors (Lipinski definition) is 4. The van der Waals surface area contributed by atoms with Gasteiger partial charge in [0.25, 0.3) is 0 Å². The Morgan fingerprint density at radius 2 is 2.00 bits per heavy atom. The lowest BCUT2D eigenvalue weighted by Gasteiger charge is -2.42. The summed E-state index contributed by atoms with van der Waals surface area (Å²) >= 11 is 0. The third-order valence-electron chi connectivity index (χ3n) is 3.15. The van der Waals surface area contributed by atoms with Crippen LogP contribution < -0.4 is 5.32 Å². The van der Waals surface area contributed by atoms with Gasteiger partial charge in [-0.05, 0) is 6.42 Å². The van der Waals surface area contributed by atoms with Crippen LogP contribution in [0.25, 0.3) is 0 Å². The van der Waals surface area contributed by atoms with Crippen LogP contribution in [0.15, 0.2) is 0 Å². The Bertz CT molecular complexity index is 278. The van der Waals surface area contributed by atoms with E-state index < -0.39 is 43.2 Å². The molecule has 0 aromatic carbocycles. The number of carbonyl (C=O) groups is 1. The van der Waals surface area contributed by atoms with E-state index in [0.29, 0.717) is 6.42 Å². The van der Waals surface area contributed by atoms with Gasteiger partial charge in [-0.1, -0.05) is 19.8 Å². The lowest BCUT2D eigenvalue weighted by molar-refractivity contribution is -0.194. The van der Waals surface area contributed by atoms with Gasteiger partial charge in [-0.25, -0.2) is 4.79 Å². The third-order valence-corrected chi connectivity index (χ3v) is 3.15. The number of nitrogens with one attached hydrogen (secondary N) is 1. The normalized spacial score (nSPS) is 36.4. The molecule has 0 aliphatic carbocycles. The number of hydrogen-bond acceptors (Lipinski definition) is 5. The highest BCUT2D eigenvalue weighted by Gasteiger charge is 2.44. The second-order valence-electron chi connectivity index (χ2n) is 4.46. The first kappa shape index (κ1) is 15.3. The first-order valence-corrected chi connectivity index (χ1v) is 6.09. The molecule has 0 aromatic heterocycles.